The molecule has 0 amide bonds. The Morgan fingerprint density at radius 2 is 1.40 bits per heavy atom. The Labute approximate surface area is 41.7 Å². The fourth-order valence-corrected chi connectivity index (χ4v) is 0. The second-order valence-corrected chi connectivity index (χ2v) is 0.283. The Hall–Kier alpha value is -0.0936. The van der Waals surface area contributed by atoms with Crippen molar-refractivity contribution in [1.29, 1.82) is 0 Å². The molecule has 0 radical (unpaired) electrons. The molecule has 0 rings (SSSR count). The summed E-state index contributed by atoms with van der Waals surface area (Å²) in [7, 11) is 0. The number of carbonyl (C=O) groups is 1. The molecular weight excluding hydrogens is 130 g/mol. The molecule has 0 spiro atoms. The van der Waals surface area contributed by atoms with Gasteiger partial charge in [-0.1, -0.05) is 0 Å². The van der Waals surface area contributed by atoms with Gasteiger partial charge in [0, 0.05) is 0 Å². The second-order valence-electron chi connectivity index (χ2n) is 0.283. The maximum atomic E-state index is 8.56. The third-order valence-corrected chi connectivity index (χ3v) is 0. The van der Waals surface area contributed by atoms with Crippen LogP contribution in [0.2, 0.25) is 0 Å². The van der Waals surface area contributed by atoms with E-state index in [4.69, 9.17) is 15.0 Å². The average molecular weight is 135 g/mol. The quantitative estimate of drug-likeness (QED) is 0.420. The molecule has 3 nitrogen and oxygen atoms in total. The predicted molar refractivity (Wildman–Crippen MR) is 20.6 cm³/mol. The summed E-state index contributed by atoms with van der Waals surface area (Å²) in [5, 5.41) is 13.9. The number of hydrogen-bond donors (Lipinski definition) is 2. The molecule has 0 atom stereocenters. The zero-order valence-electron chi connectivity index (χ0n) is 1.80. The number of rotatable bonds is 0. The fraction of sp³-hybridized carbons (Fsp3) is 0. The van der Waals surface area contributed by atoms with Crippen molar-refractivity contribution >= 4 is 25.9 Å². The van der Waals surface area contributed by atoms with E-state index in [1.54, 1.807) is 0 Å². The van der Waals surface area contributed by atoms with Crippen molar-refractivity contribution in [2.45, 2.75) is 0 Å². The summed E-state index contributed by atoms with van der Waals surface area (Å²) >= 11 is 0. The van der Waals surface area contributed by atoms with Gasteiger partial charge in [0.15, 0.2) is 0 Å². The molecule has 0 aliphatic heterocycles. The third kappa shape index (κ3) is 1620. The van der Waals surface area contributed by atoms with Crippen LogP contribution in [0.3, 0.4) is 0 Å². The molecular formula is CH5GaO3. The van der Waals surface area contributed by atoms with Crippen molar-refractivity contribution in [3.8, 4) is 0 Å². The van der Waals surface area contributed by atoms with Gasteiger partial charge in [0.05, 0.1) is 0 Å². The molecule has 0 bridgehead atoms. The first-order valence-corrected chi connectivity index (χ1v) is 0.651. The van der Waals surface area contributed by atoms with Gasteiger partial charge in [0.25, 0.3) is 0 Å². The van der Waals surface area contributed by atoms with Gasteiger partial charge in [0.1, 0.15) is 0 Å². The maximum absolute atomic E-state index is 8.56. The third-order valence-electron chi connectivity index (χ3n) is 0. The number of hydrogen-bond acceptors (Lipinski definition) is 1. The van der Waals surface area contributed by atoms with E-state index in [0.29, 0.717) is 0 Å². The van der Waals surface area contributed by atoms with Crippen LogP contribution >= 0.6 is 0 Å². The van der Waals surface area contributed by atoms with Crippen LogP contribution in [-0.4, -0.2) is 36.2 Å². The van der Waals surface area contributed by atoms with Crippen molar-refractivity contribution in [3.63, 3.8) is 0 Å². The molecule has 0 heterocycles. The van der Waals surface area contributed by atoms with Gasteiger partial charge in [-0.05, 0) is 0 Å². The van der Waals surface area contributed by atoms with Gasteiger partial charge in [-0.25, -0.2) is 4.79 Å². The van der Waals surface area contributed by atoms with Crippen LogP contribution in [0.4, 0.5) is 4.79 Å². The van der Waals surface area contributed by atoms with Crippen LogP contribution in [0.1, 0.15) is 0 Å². The Morgan fingerprint density at radius 1 is 1.40 bits per heavy atom. The van der Waals surface area contributed by atoms with Crippen LogP contribution in [-0.2, 0) is 0 Å². The van der Waals surface area contributed by atoms with E-state index >= 15 is 0 Å². The van der Waals surface area contributed by atoms with E-state index in [1.165, 1.54) is 0 Å². The topological polar surface area (TPSA) is 57.5 Å². The first kappa shape index (κ1) is 8.86. The zero-order chi connectivity index (χ0) is 3.58. The molecule has 0 aliphatic rings. The molecule has 0 aliphatic carbocycles. The van der Waals surface area contributed by atoms with Crippen molar-refractivity contribution < 1.29 is 15.0 Å². The second kappa shape index (κ2) is 3.91. The van der Waals surface area contributed by atoms with Gasteiger partial charge in [-0.15, -0.1) is 0 Å². The summed E-state index contributed by atoms with van der Waals surface area (Å²) in [6.45, 7) is 0. The first-order valence-electron chi connectivity index (χ1n) is 0.651. The number of carboxylic acid groups (broad SMARTS) is 2. The standard InChI is InChI=1S/CH2O3.Ga.3H/c2-1(3)4;;;;/h(H2,2,3,4);;;;. The zero-order valence-corrected chi connectivity index (χ0v) is 1.80. The molecule has 0 aromatic rings. The van der Waals surface area contributed by atoms with Gasteiger partial charge < -0.3 is 10.2 Å². The van der Waals surface area contributed by atoms with Crippen molar-refractivity contribution in [2.75, 3.05) is 0 Å². The SMILES string of the molecule is O=C(O)O.[GaH3]. The summed E-state index contributed by atoms with van der Waals surface area (Å²) in [6.07, 6.45) is -1.83. The molecule has 0 fully saturated rings. The van der Waals surface area contributed by atoms with Crippen molar-refractivity contribution in [1.82, 2.24) is 0 Å². The van der Waals surface area contributed by atoms with Crippen LogP contribution < -0.4 is 0 Å². The Morgan fingerprint density at radius 3 is 1.40 bits per heavy atom. The molecule has 0 aromatic heterocycles. The van der Waals surface area contributed by atoms with Gasteiger partial charge in [-0.3, -0.25) is 0 Å². The molecule has 5 heavy (non-hydrogen) atoms. The summed E-state index contributed by atoms with van der Waals surface area (Å²) in [6, 6.07) is 0. The van der Waals surface area contributed by atoms with Crippen molar-refractivity contribution in [3.05, 3.63) is 0 Å². The van der Waals surface area contributed by atoms with Crippen LogP contribution in [0.25, 0.3) is 0 Å². The minimum absolute atomic E-state index is 0. The average Bonchev–Trinajstić information content (AvgIpc) is 0.811. The summed E-state index contributed by atoms with van der Waals surface area (Å²) in [5.74, 6) is 0. The van der Waals surface area contributed by atoms with Crippen LogP contribution in [0.5, 0.6) is 0 Å². The molecule has 2 N–H and O–H groups in total. The van der Waals surface area contributed by atoms with E-state index in [1.807, 2.05) is 0 Å². The summed E-state index contributed by atoms with van der Waals surface area (Å²) < 4.78 is 0. The first-order chi connectivity index (χ1) is 1.73. The van der Waals surface area contributed by atoms with Gasteiger partial charge in [0.2, 0.25) is 0 Å². The predicted octanol–water partition coefficient (Wildman–Crippen LogP) is -0.962. The van der Waals surface area contributed by atoms with E-state index in [0.717, 1.165) is 0 Å². The fourth-order valence-electron chi connectivity index (χ4n) is 0. The van der Waals surface area contributed by atoms with Gasteiger partial charge in [-0.2, -0.15) is 0 Å². The minimum atomic E-state index is -1.83. The molecule has 0 saturated carbocycles. The van der Waals surface area contributed by atoms with Crippen LogP contribution in [0.15, 0.2) is 0 Å². The van der Waals surface area contributed by atoms with E-state index < -0.39 is 6.16 Å². The van der Waals surface area contributed by atoms with Crippen molar-refractivity contribution in [2.24, 2.45) is 0 Å². The van der Waals surface area contributed by atoms with Crippen LogP contribution in [0, 0.1) is 0 Å². The molecule has 30 valence electrons. The monoisotopic (exact) mass is 134 g/mol. The molecule has 0 unspecified atom stereocenters. The molecule has 0 aromatic carbocycles. The summed E-state index contributed by atoms with van der Waals surface area (Å²) in [4.78, 5) is 8.56. The Balaban J connectivity index is 0. The van der Waals surface area contributed by atoms with Gasteiger partial charge >= 0.3 is 25.9 Å². The Kier molecular flexibility index (Phi) is 6.92. The molecule has 0 saturated heterocycles. The summed E-state index contributed by atoms with van der Waals surface area (Å²) in [5.41, 5.74) is 0. The van der Waals surface area contributed by atoms with E-state index in [-0.39, 0.29) is 19.8 Å². The normalized spacial score (nSPS) is 4.80. The van der Waals surface area contributed by atoms with E-state index in [9.17, 15) is 0 Å². The Bertz CT molecular complexity index is 29.9. The molecule has 4 heteroatoms. The van der Waals surface area contributed by atoms with E-state index in [2.05, 4.69) is 0 Å².